The van der Waals surface area contributed by atoms with Crippen molar-refractivity contribution in [3.63, 3.8) is 0 Å². The fourth-order valence-corrected chi connectivity index (χ4v) is 2.57. The molecular formula is C11H18NO9P. The topological polar surface area (TPSA) is 148 Å². The molecule has 0 aromatic carbocycles. The third-order valence-corrected chi connectivity index (χ3v) is 3.98. The first-order valence-corrected chi connectivity index (χ1v) is 8.32. The van der Waals surface area contributed by atoms with E-state index < -0.39 is 45.3 Å². The highest BCUT2D eigenvalue weighted by Crippen LogP contribution is 2.39. The molecule has 126 valence electrons. The number of hydrogen-bond acceptors (Lipinski definition) is 7. The average Bonchev–Trinajstić information content (AvgIpc) is 2.97. The van der Waals surface area contributed by atoms with Gasteiger partial charge in [0.2, 0.25) is 6.79 Å². The zero-order chi connectivity index (χ0) is 16.6. The van der Waals surface area contributed by atoms with Gasteiger partial charge in [0.1, 0.15) is 6.29 Å². The fraction of sp³-hybridized carbons (Fsp3) is 0.727. The third kappa shape index (κ3) is 7.39. The SMILES string of the molecule is O=C(O)COP(=O)(O)CNC(=O)OCOC(=O)C1CCCC1. The molecule has 0 aromatic heterocycles. The van der Waals surface area contributed by atoms with Gasteiger partial charge < -0.3 is 24.8 Å². The standard InChI is InChI=1S/C11H18NO9P/c13-9(14)5-21-22(17,18)6-12-11(16)20-7-19-10(15)8-3-1-2-4-8/h8H,1-7H2,(H,12,16)(H,13,14)(H,17,18). The molecule has 1 atom stereocenters. The number of alkyl carbamates (subject to hydrolysis) is 1. The van der Waals surface area contributed by atoms with Crippen LogP contribution < -0.4 is 5.32 Å². The van der Waals surface area contributed by atoms with Crippen LogP contribution in [0.2, 0.25) is 0 Å². The van der Waals surface area contributed by atoms with Gasteiger partial charge in [-0.3, -0.25) is 13.9 Å². The number of carbonyl (C=O) groups is 3. The molecule has 0 bridgehead atoms. The predicted octanol–water partition coefficient (Wildman–Crippen LogP) is 0.648. The fourth-order valence-electron chi connectivity index (χ4n) is 1.84. The van der Waals surface area contributed by atoms with Crippen LogP contribution in [-0.4, -0.2) is 47.7 Å². The Morgan fingerprint density at radius 2 is 1.82 bits per heavy atom. The highest BCUT2D eigenvalue weighted by Gasteiger charge is 2.25. The van der Waals surface area contributed by atoms with Gasteiger partial charge in [0, 0.05) is 0 Å². The first-order chi connectivity index (χ1) is 10.3. The highest BCUT2D eigenvalue weighted by molar-refractivity contribution is 7.52. The lowest BCUT2D eigenvalue weighted by Gasteiger charge is -2.12. The molecular weight excluding hydrogens is 321 g/mol. The van der Waals surface area contributed by atoms with Crippen molar-refractivity contribution >= 4 is 25.6 Å². The maximum Gasteiger partial charge on any atom is 0.410 e. The van der Waals surface area contributed by atoms with Crippen molar-refractivity contribution in [1.82, 2.24) is 5.32 Å². The van der Waals surface area contributed by atoms with E-state index in [1.807, 2.05) is 5.32 Å². The summed E-state index contributed by atoms with van der Waals surface area (Å²) in [6, 6.07) is 0. The lowest BCUT2D eigenvalue weighted by molar-refractivity contribution is -0.156. The summed E-state index contributed by atoms with van der Waals surface area (Å²) in [7, 11) is -4.27. The van der Waals surface area contributed by atoms with Crippen molar-refractivity contribution in [3.8, 4) is 0 Å². The number of ether oxygens (including phenoxy) is 2. The van der Waals surface area contributed by atoms with Crippen LogP contribution in [0.25, 0.3) is 0 Å². The lowest BCUT2D eigenvalue weighted by atomic mass is 10.1. The molecule has 1 unspecified atom stereocenters. The summed E-state index contributed by atoms with van der Waals surface area (Å²) in [6.07, 6.45) is 1.51. The van der Waals surface area contributed by atoms with E-state index in [-0.39, 0.29) is 5.92 Å². The summed E-state index contributed by atoms with van der Waals surface area (Å²) in [5, 5.41) is 10.2. The largest absolute Gasteiger partial charge is 0.480 e. The van der Waals surface area contributed by atoms with Crippen LogP contribution in [-0.2, 0) is 28.2 Å². The van der Waals surface area contributed by atoms with E-state index in [0.717, 1.165) is 25.7 Å². The Hall–Kier alpha value is -1.64. The van der Waals surface area contributed by atoms with E-state index in [1.54, 1.807) is 0 Å². The Kier molecular flexibility index (Phi) is 7.30. The number of rotatable bonds is 8. The van der Waals surface area contributed by atoms with Crippen molar-refractivity contribution in [1.29, 1.82) is 0 Å². The Morgan fingerprint density at radius 3 is 2.41 bits per heavy atom. The van der Waals surface area contributed by atoms with Gasteiger partial charge in [-0.25, -0.2) is 9.59 Å². The minimum atomic E-state index is -4.27. The Morgan fingerprint density at radius 1 is 1.18 bits per heavy atom. The predicted molar refractivity (Wildman–Crippen MR) is 70.8 cm³/mol. The molecule has 11 heteroatoms. The molecule has 0 saturated heterocycles. The van der Waals surface area contributed by atoms with E-state index in [9.17, 15) is 23.8 Å². The molecule has 22 heavy (non-hydrogen) atoms. The summed E-state index contributed by atoms with van der Waals surface area (Å²) in [5.74, 6) is -2.03. The molecule has 1 aliphatic rings. The molecule has 1 fully saturated rings. The van der Waals surface area contributed by atoms with Crippen molar-refractivity contribution in [2.75, 3.05) is 19.7 Å². The molecule has 1 aliphatic carbocycles. The first-order valence-electron chi connectivity index (χ1n) is 6.55. The van der Waals surface area contributed by atoms with Gasteiger partial charge >= 0.3 is 25.6 Å². The summed E-state index contributed by atoms with van der Waals surface area (Å²) in [5.41, 5.74) is 0. The second kappa shape index (κ2) is 8.72. The maximum absolute atomic E-state index is 11.5. The number of carboxylic acids is 1. The van der Waals surface area contributed by atoms with Crippen molar-refractivity contribution in [3.05, 3.63) is 0 Å². The van der Waals surface area contributed by atoms with Crippen LogP contribution >= 0.6 is 7.60 Å². The monoisotopic (exact) mass is 339 g/mol. The van der Waals surface area contributed by atoms with Gasteiger partial charge in [-0.05, 0) is 12.8 Å². The van der Waals surface area contributed by atoms with Gasteiger partial charge in [0.05, 0.1) is 5.92 Å². The molecule has 0 spiro atoms. The van der Waals surface area contributed by atoms with Crippen molar-refractivity contribution in [2.24, 2.45) is 5.92 Å². The van der Waals surface area contributed by atoms with Crippen LogP contribution in [0.5, 0.6) is 0 Å². The number of nitrogens with one attached hydrogen (secondary N) is 1. The van der Waals surface area contributed by atoms with E-state index in [1.165, 1.54) is 0 Å². The number of hydrogen-bond donors (Lipinski definition) is 3. The summed E-state index contributed by atoms with van der Waals surface area (Å²) in [6.45, 7) is -1.57. The second-order valence-electron chi connectivity index (χ2n) is 4.63. The summed E-state index contributed by atoms with van der Waals surface area (Å²) in [4.78, 5) is 42.1. The minimum Gasteiger partial charge on any atom is -0.480 e. The van der Waals surface area contributed by atoms with Crippen molar-refractivity contribution < 1.29 is 42.9 Å². The van der Waals surface area contributed by atoms with E-state index in [2.05, 4.69) is 9.26 Å². The van der Waals surface area contributed by atoms with Gasteiger partial charge in [-0.15, -0.1) is 0 Å². The molecule has 1 saturated carbocycles. The number of amides is 1. The number of carbonyl (C=O) groups excluding carboxylic acids is 2. The average molecular weight is 339 g/mol. The molecule has 10 nitrogen and oxygen atoms in total. The minimum absolute atomic E-state index is 0.172. The summed E-state index contributed by atoms with van der Waals surface area (Å²) < 4.78 is 24.7. The van der Waals surface area contributed by atoms with Gasteiger partial charge in [0.25, 0.3) is 0 Å². The molecule has 0 aromatic rings. The maximum atomic E-state index is 11.5. The first kappa shape index (κ1) is 18.4. The van der Waals surface area contributed by atoms with Crippen LogP contribution in [0.15, 0.2) is 0 Å². The van der Waals surface area contributed by atoms with Gasteiger partial charge in [-0.2, -0.15) is 0 Å². The van der Waals surface area contributed by atoms with E-state index in [4.69, 9.17) is 9.84 Å². The number of esters is 1. The van der Waals surface area contributed by atoms with Crippen LogP contribution in [0, 0.1) is 5.92 Å². The number of aliphatic carboxylic acids is 1. The number of carboxylic acid groups (broad SMARTS) is 1. The van der Waals surface area contributed by atoms with E-state index >= 15 is 0 Å². The van der Waals surface area contributed by atoms with Gasteiger partial charge in [-0.1, -0.05) is 12.8 Å². The highest BCUT2D eigenvalue weighted by atomic mass is 31.2. The zero-order valence-corrected chi connectivity index (χ0v) is 12.6. The summed E-state index contributed by atoms with van der Waals surface area (Å²) >= 11 is 0. The quantitative estimate of drug-likeness (QED) is 0.329. The molecule has 0 heterocycles. The van der Waals surface area contributed by atoms with E-state index in [0.29, 0.717) is 0 Å². The lowest BCUT2D eigenvalue weighted by Crippen LogP contribution is -2.28. The molecule has 0 aliphatic heterocycles. The molecule has 1 rings (SSSR count). The van der Waals surface area contributed by atoms with Crippen LogP contribution in [0.4, 0.5) is 4.79 Å². The van der Waals surface area contributed by atoms with Crippen molar-refractivity contribution in [2.45, 2.75) is 25.7 Å². The normalized spacial score (nSPS) is 17.5. The van der Waals surface area contributed by atoms with Crippen LogP contribution in [0.3, 0.4) is 0 Å². The Labute approximate surface area is 126 Å². The third-order valence-electron chi connectivity index (χ3n) is 2.89. The second-order valence-corrected chi connectivity index (χ2v) is 6.48. The smallest absolute Gasteiger partial charge is 0.410 e. The molecule has 3 N–H and O–H groups in total. The Balaban J connectivity index is 2.16. The zero-order valence-electron chi connectivity index (χ0n) is 11.7. The molecule has 1 amide bonds. The van der Waals surface area contributed by atoms with Gasteiger partial charge in [0.15, 0.2) is 6.61 Å². The Bertz CT molecular complexity index is 460. The van der Waals surface area contributed by atoms with Crippen LogP contribution in [0.1, 0.15) is 25.7 Å². The molecule has 0 radical (unpaired) electrons.